The predicted molar refractivity (Wildman–Crippen MR) is 74.3 cm³/mol. The van der Waals surface area contributed by atoms with Gasteiger partial charge in [0.1, 0.15) is 11.8 Å². The van der Waals surface area contributed by atoms with Crippen LogP contribution in [-0.4, -0.2) is 40.9 Å². The van der Waals surface area contributed by atoms with Crippen molar-refractivity contribution in [2.24, 2.45) is 0 Å². The first-order chi connectivity index (χ1) is 10.2. The van der Waals surface area contributed by atoms with Gasteiger partial charge in [-0.05, 0) is 37.1 Å². The molecule has 0 amide bonds. The minimum atomic E-state index is -0.864. The number of carboxylic acid groups (broad SMARTS) is 1. The molecular formula is C14H15N3O4. The highest BCUT2D eigenvalue weighted by atomic mass is 16.5. The Morgan fingerprint density at radius 2 is 2.19 bits per heavy atom. The molecule has 0 bridgehead atoms. The zero-order valence-electron chi connectivity index (χ0n) is 11.5. The number of ether oxygens (including phenoxy) is 1. The lowest BCUT2D eigenvalue weighted by Crippen LogP contribution is -2.36. The van der Waals surface area contributed by atoms with Gasteiger partial charge < -0.3 is 19.3 Å². The van der Waals surface area contributed by atoms with Crippen LogP contribution in [0.25, 0.3) is 11.4 Å². The molecule has 1 aromatic carbocycles. The summed E-state index contributed by atoms with van der Waals surface area (Å²) in [6.45, 7) is 0.612. The average Bonchev–Trinajstić information content (AvgIpc) is 3.16. The topological polar surface area (TPSA) is 88.7 Å². The molecule has 1 aliphatic heterocycles. The van der Waals surface area contributed by atoms with Crippen LogP contribution >= 0.6 is 0 Å². The van der Waals surface area contributed by atoms with Crippen LogP contribution in [0.15, 0.2) is 28.8 Å². The van der Waals surface area contributed by atoms with E-state index >= 15 is 0 Å². The average molecular weight is 289 g/mol. The van der Waals surface area contributed by atoms with Crippen LogP contribution in [0.3, 0.4) is 0 Å². The number of aromatic nitrogens is 2. The van der Waals surface area contributed by atoms with E-state index in [2.05, 4.69) is 10.1 Å². The fraction of sp³-hybridized carbons (Fsp3) is 0.357. The van der Waals surface area contributed by atoms with Gasteiger partial charge >= 0.3 is 12.0 Å². The van der Waals surface area contributed by atoms with Gasteiger partial charge in [0.25, 0.3) is 0 Å². The molecule has 0 saturated carbocycles. The molecule has 7 nitrogen and oxygen atoms in total. The largest absolute Gasteiger partial charge is 0.497 e. The van der Waals surface area contributed by atoms with Crippen molar-refractivity contribution < 1.29 is 19.2 Å². The molecule has 7 heteroatoms. The normalized spacial score (nSPS) is 18.0. The number of hydrogen-bond donors (Lipinski definition) is 1. The zero-order chi connectivity index (χ0) is 14.8. The van der Waals surface area contributed by atoms with Crippen molar-refractivity contribution in [2.45, 2.75) is 18.9 Å². The SMILES string of the molecule is COc1ccc(-c2noc(N3CCC[C@H]3C(=O)O)n2)cc1. The van der Waals surface area contributed by atoms with Gasteiger partial charge in [0, 0.05) is 12.1 Å². The molecule has 1 atom stereocenters. The molecular weight excluding hydrogens is 274 g/mol. The zero-order valence-corrected chi connectivity index (χ0v) is 11.5. The first-order valence-electron chi connectivity index (χ1n) is 6.66. The Balaban J connectivity index is 1.84. The Morgan fingerprint density at radius 3 is 2.86 bits per heavy atom. The van der Waals surface area contributed by atoms with Crippen molar-refractivity contribution in [3.8, 4) is 17.1 Å². The first kappa shape index (κ1) is 13.4. The molecule has 2 heterocycles. The lowest BCUT2D eigenvalue weighted by atomic mass is 10.2. The second-order valence-corrected chi connectivity index (χ2v) is 4.82. The fourth-order valence-electron chi connectivity index (χ4n) is 2.44. The van der Waals surface area contributed by atoms with Crippen molar-refractivity contribution in [1.82, 2.24) is 10.1 Å². The molecule has 110 valence electrons. The smallest absolute Gasteiger partial charge is 0.326 e. The van der Waals surface area contributed by atoms with Crippen LogP contribution < -0.4 is 9.64 Å². The van der Waals surface area contributed by atoms with Gasteiger partial charge in [-0.2, -0.15) is 4.98 Å². The quantitative estimate of drug-likeness (QED) is 0.917. The lowest BCUT2D eigenvalue weighted by Gasteiger charge is -2.17. The van der Waals surface area contributed by atoms with E-state index in [9.17, 15) is 9.90 Å². The summed E-state index contributed by atoms with van der Waals surface area (Å²) in [5, 5.41) is 13.1. The highest BCUT2D eigenvalue weighted by molar-refractivity contribution is 5.78. The number of nitrogens with zero attached hydrogens (tertiary/aromatic N) is 3. The summed E-state index contributed by atoms with van der Waals surface area (Å²) in [7, 11) is 1.60. The van der Waals surface area contributed by atoms with E-state index in [1.165, 1.54) is 0 Å². The van der Waals surface area contributed by atoms with Crippen molar-refractivity contribution >= 4 is 12.0 Å². The van der Waals surface area contributed by atoms with Gasteiger partial charge in [-0.15, -0.1) is 0 Å². The van der Waals surface area contributed by atoms with Crippen LogP contribution in [0.2, 0.25) is 0 Å². The summed E-state index contributed by atoms with van der Waals surface area (Å²) in [4.78, 5) is 17.1. The van der Waals surface area contributed by atoms with E-state index in [4.69, 9.17) is 9.26 Å². The van der Waals surface area contributed by atoms with E-state index in [-0.39, 0.29) is 6.01 Å². The van der Waals surface area contributed by atoms with Crippen molar-refractivity contribution in [2.75, 3.05) is 18.6 Å². The second-order valence-electron chi connectivity index (χ2n) is 4.82. The summed E-state index contributed by atoms with van der Waals surface area (Å²) >= 11 is 0. The minimum absolute atomic E-state index is 0.255. The Morgan fingerprint density at radius 1 is 1.43 bits per heavy atom. The molecule has 21 heavy (non-hydrogen) atoms. The Bertz CT molecular complexity index is 638. The Hall–Kier alpha value is -2.57. The van der Waals surface area contributed by atoms with Crippen LogP contribution in [0, 0.1) is 0 Å². The molecule has 0 aliphatic carbocycles. The summed E-state index contributed by atoms with van der Waals surface area (Å²) in [5.41, 5.74) is 0.789. The molecule has 0 unspecified atom stereocenters. The van der Waals surface area contributed by atoms with Crippen LogP contribution in [0.4, 0.5) is 6.01 Å². The molecule has 1 aromatic heterocycles. The summed E-state index contributed by atoms with van der Waals surface area (Å²) < 4.78 is 10.3. The van der Waals surface area contributed by atoms with E-state index in [1.54, 1.807) is 24.1 Å². The predicted octanol–water partition coefficient (Wildman–Crippen LogP) is 1.80. The highest BCUT2D eigenvalue weighted by Crippen LogP contribution is 2.27. The molecule has 1 fully saturated rings. The fourth-order valence-corrected chi connectivity index (χ4v) is 2.44. The van der Waals surface area contributed by atoms with Gasteiger partial charge in [-0.3, -0.25) is 0 Å². The standard InChI is InChI=1S/C14H15N3O4/c1-20-10-6-4-9(5-7-10)12-15-14(21-16-12)17-8-2-3-11(17)13(18)19/h4-7,11H,2-3,8H2,1H3,(H,18,19)/t11-/m0/s1. The van der Waals surface area contributed by atoms with E-state index < -0.39 is 12.0 Å². The van der Waals surface area contributed by atoms with Gasteiger partial charge in [0.15, 0.2) is 0 Å². The number of benzene rings is 1. The van der Waals surface area contributed by atoms with Crippen molar-refractivity contribution in [1.29, 1.82) is 0 Å². The lowest BCUT2D eigenvalue weighted by molar-refractivity contribution is -0.138. The van der Waals surface area contributed by atoms with Crippen LogP contribution in [-0.2, 0) is 4.79 Å². The third-order valence-electron chi connectivity index (χ3n) is 3.55. The van der Waals surface area contributed by atoms with E-state index in [1.807, 2.05) is 12.1 Å². The Labute approximate surface area is 121 Å². The van der Waals surface area contributed by atoms with Gasteiger partial charge in [0.05, 0.1) is 7.11 Å². The molecule has 2 aromatic rings. The van der Waals surface area contributed by atoms with Gasteiger partial charge in [-0.25, -0.2) is 4.79 Å². The van der Waals surface area contributed by atoms with Crippen LogP contribution in [0.5, 0.6) is 5.75 Å². The minimum Gasteiger partial charge on any atom is -0.497 e. The third-order valence-corrected chi connectivity index (χ3v) is 3.55. The van der Waals surface area contributed by atoms with E-state index in [0.29, 0.717) is 18.8 Å². The number of hydrogen-bond acceptors (Lipinski definition) is 6. The molecule has 1 N–H and O–H groups in total. The molecule has 1 saturated heterocycles. The van der Waals surface area contributed by atoms with E-state index in [0.717, 1.165) is 17.7 Å². The molecule has 3 rings (SSSR count). The Kier molecular flexibility index (Phi) is 3.47. The summed E-state index contributed by atoms with van der Waals surface area (Å²) in [5.74, 6) is 0.313. The maximum atomic E-state index is 11.2. The van der Waals surface area contributed by atoms with Crippen molar-refractivity contribution in [3.63, 3.8) is 0 Å². The number of anilines is 1. The number of carbonyl (C=O) groups is 1. The number of rotatable bonds is 4. The number of aliphatic carboxylic acids is 1. The molecule has 1 aliphatic rings. The number of methoxy groups -OCH3 is 1. The molecule has 0 spiro atoms. The monoisotopic (exact) mass is 289 g/mol. The van der Waals surface area contributed by atoms with Crippen molar-refractivity contribution in [3.05, 3.63) is 24.3 Å². The maximum absolute atomic E-state index is 11.2. The van der Waals surface area contributed by atoms with Gasteiger partial charge in [0.2, 0.25) is 5.82 Å². The molecule has 0 radical (unpaired) electrons. The number of carboxylic acids is 1. The van der Waals surface area contributed by atoms with Gasteiger partial charge in [-0.1, -0.05) is 5.16 Å². The highest BCUT2D eigenvalue weighted by Gasteiger charge is 2.34. The maximum Gasteiger partial charge on any atom is 0.326 e. The third kappa shape index (κ3) is 2.54. The first-order valence-corrected chi connectivity index (χ1v) is 6.66. The summed E-state index contributed by atoms with van der Waals surface area (Å²) in [6.07, 6.45) is 1.40. The summed E-state index contributed by atoms with van der Waals surface area (Å²) in [6, 6.07) is 6.93. The van der Waals surface area contributed by atoms with Crippen LogP contribution in [0.1, 0.15) is 12.8 Å². The second kappa shape index (κ2) is 5.43.